The number of rotatable bonds is 2. The molecule has 0 saturated carbocycles. The number of nitrogens with one attached hydrogen (secondary N) is 1. The topological polar surface area (TPSA) is 117 Å². The number of pyridine rings is 1. The minimum atomic E-state index is -4.54. The number of hydrogen-bond acceptors (Lipinski definition) is 4. The first-order chi connectivity index (χ1) is 9.27. The van der Waals surface area contributed by atoms with Crippen molar-refractivity contribution in [3.8, 4) is 11.5 Å². The van der Waals surface area contributed by atoms with Crippen LogP contribution in [0.1, 0.15) is 5.56 Å². The lowest BCUT2D eigenvalue weighted by Gasteiger charge is -2.06. The van der Waals surface area contributed by atoms with Gasteiger partial charge in [0.2, 0.25) is 0 Å². The van der Waals surface area contributed by atoms with Gasteiger partial charge in [-0.15, -0.1) is 0 Å². The molecule has 11 heteroatoms. The maximum absolute atomic E-state index is 12.5. The summed E-state index contributed by atoms with van der Waals surface area (Å²) in [7, 11) is 0. The van der Waals surface area contributed by atoms with Crippen LogP contribution in [0.3, 0.4) is 0 Å². The fourth-order valence-electron chi connectivity index (χ4n) is 1.27. The summed E-state index contributed by atoms with van der Waals surface area (Å²) in [5.41, 5.74) is 9.25. The number of aromatic nitrogens is 3. The number of halogens is 4. The standard InChI is InChI=1S/C9H6ClF3N6O/c10-4-1-3(9(11,12)13)2-16-5(4)6-17-8(20-19-6)18-7(14)15/h1-2H,(H4,14,15,17,18,19)/p+1. The molecule has 0 fully saturated rings. The Bertz CT molecular complexity index is 664. The Morgan fingerprint density at radius 2 is 2.10 bits per heavy atom. The quantitative estimate of drug-likeness (QED) is 0.637. The van der Waals surface area contributed by atoms with Crippen LogP contribution in [0, 0.1) is 0 Å². The zero-order valence-electron chi connectivity index (χ0n) is 9.57. The molecule has 0 unspecified atom stereocenters. The number of guanidine groups is 1. The zero-order valence-corrected chi connectivity index (χ0v) is 10.3. The number of H-pyrrole nitrogens is 1. The fraction of sp³-hybridized carbons (Fsp3) is 0.111. The lowest BCUT2D eigenvalue weighted by atomic mass is 10.2. The maximum atomic E-state index is 12.5. The van der Waals surface area contributed by atoms with Crippen molar-refractivity contribution in [3.63, 3.8) is 0 Å². The van der Waals surface area contributed by atoms with Crippen LogP contribution in [-0.2, 0) is 6.18 Å². The van der Waals surface area contributed by atoms with Crippen molar-refractivity contribution in [3.05, 3.63) is 22.8 Å². The van der Waals surface area contributed by atoms with Gasteiger partial charge in [-0.25, -0.2) is 9.51 Å². The molecule has 5 N–H and O–H groups in total. The van der Waals surface area contributed by atoms with Crippen molar-refractivity contribution in [1.29, 1.82) is 0 Å². The third kappa shape index (κ3) is 2.96. The van der Waals surface area contributed by atoms with E-state index in [1.165, 1.54) is 0 Å². The summed E-state index contributed by atoms with van der Waals surface area (Å²) in [4.78, 5) is 9.63. The van der Waals surface area contributed by atoms with E-state index in [-0.39, 0.29) is 28.5 Å². The normalized spacial score (nSPS) is 11.4. The van der Waals surface area contributed by atoms with Gasteiger partial charge < -0.3 is 11.5 Å². The van der Waals surface area contributed by atoms with Crippen molar-refractivity contribution in [1.82, 2.24) is 10.1 Å². The molecule has 2 rings (SSSR count). The Morgan fingerprint density at radius 1 is 1.40 bits per heavy atom. The molecule has 0 aliphatic rings. The molecule has 0 atom stereocenters. The molecule has 2 heterocycles. The van der Waals surface area contributed by atoms with Gasteiger partial charge in [0.05, 0.1) is 15.7 Å². The molecule has 2 aromatic heterocycles. The van der Waals surface area contributed by atoms with Crippen LogP contribution in [0.15, 0.2) is 21.8 Å². The highest BCUT2D eigenvalue weighted by Crippen LogP contribution is 2.32. The van der Waals surface area contributed by atoms with E-state index >= 15 is 0 Å². The molecule has 106 valence electrons. The fourth-order valence-corrected chi connectivity index (χ4v) is 1.53. The molecular weight excluding hydrogens is 301 g/mol. The van der Waals surface area contributed by atoms with E-state index in [0.29, 0.717) is 6.20 Å². The Kier molecular flexibility index (Phi) is 3.49. The first-order valence-electron chi connectivity index (χ1n) is 4.99. The smallest absolute Gasteiger partial charge is 0.356 e. The summed E-state index contributed by atoms with van der Waals surface area (Å²) in [5.74, 6) is -0.292. The van der Waals surface area contributed by atoms with Crippen LogP contribution in [0.4, 0.5) is 19.2 Å². The van der Waals surface area contributed by atoms with Gasteiger partial charge in [-0.2, -0.15) is 18.2 Å². The average Bonchev–Trinajstić information content (AvgIpc) is 2.75. The lowest BCUT2D eigenvalue weighted by molar-refractivity contribution is -0.354. The summed E-state index contributed by atoms with van der Waals surface area (Å²) >= 11 is 5.74. The van der Waals surface area contributed by atoms with Crippen LogP contribution in [0.5, 0.6) is 0 Å². The monoisotopic (exact) mass is 307 g/mol. The minimum absolute atomic E-state index is 0.0104. The van der Waals surface area contributed by atoms with E-state index in [9.17, 15) is 13.2 Å². The largest absolute Gasteiger partial charge is 0.476 e. The first kappa shape index (κ1) is 14.1. The van der Waals surface area contributed by atoms with Gasteiger partial charge in [-0.1, -0.05) is 11.6 Å². The number of aliphatic imine (C=N–C) groups is 1. The minimum Gasteiger partial charge on any atom is -0.356 e. The van der Waals surface area contributed by atoms with Crippen molar-refractivity contribution in [2.75, 3.05) is 0 Å². The maximum Gasteiger partial charge on any atom is 0.476 e. The van der Waals surface area contributed by atoms with Gasteiger partial charge in [-0.3, -0.25) is 0 Å². The van der Waals surface area contributed by atoms with Crippen molar-refractivity contribution in [2.24, 2.45) is 16.5 Å². The number of nitrogens with zero attached hydrogens (tertiary/aromatic N) is 3. The summed E-state index contributed by atoms with van der Waals surface area (Å²) < 4.78 is 42.1. The first-order valence-corrected chi connectivity index (χ1v) is 5.37. The molecule has 0 saturated heterocycles. The van der Waals surface area contributed by atoms with E-state index in [1.54, 1.807) is 0 Å². The number of hydrogen-bond donors (Lipinski definition) is 2. The van der Waals surface area contributed by atoms with Gasteiger partial charge in [-0.05, 0) is 11.1 Å². The van der Waals surface area contributed by atoms with Gasteiger partial charge in [0.1, 0.15) is 0 Å². The molecule has 0 spiro atoms. The zero-order chi connectivity index (χ0) is 14.9. The molecule has 0 aromatic carbocycles. The van der Waals surface area contributed by atoms with Gasteiger partial charge in [0.25, 0.3) is 5.96 Å². The van der Waals surface area contributed by atoms with E-state index in [1.807, 2.05) is 0 Å². The molecule has 0 aliphatic heterocycles. The highest BCUT2D eigenvalue weighted by atomic mass is 35.5. The molecule has 20 heavy (non-hydrogen) atoms. The number of aromatic amines is 1. The summed E-state index contributed by atoms with van der Waals surface area (Å²) in [6.07, 6.45) is -3.91. The highest BCUT2D eigenvalue weighted by Gasteiger charge is 2.32. The van der Waals surface area contributed by atoms with Crippen molar-refractivity contribution in [2.45, 2.75) is 6.18 Å². The summed E-state index contributed by atoms with van der Waals surface area (Å²) in [6.45, 7) is 0. The molecule has 0 radical (unpaired) electrons. The van der Waals surface area contributed by atoms with Crippen molar-refractivity contribution >= 4 is 23.6 Å². The van der Waals surface area contributed by atoms with E-state index in [4.69, 9.17) is 27.6 Å². The van der Waals surface area contributed by atoms with E-state index < -0.39 is 11.7 Å². The Hall–Kier alpha value is -2.36. The van der Waals surface area contributed by atoms with Gasteiger partial charge >= 0.3 is 18.0 Å². The SMILES string of the molecule is NC(N)=Nc1[nH+]c(-c2ncc(C(F)(F)F)cc2Cl)no1. The Labute approximate surface area is 114 Å². The van der Waals surface area contributed by atoms with Crippen LogP contribution >= 0.6 is 11.6 Å². The number of nitrogens with two attached hydrogens (primary N) is 2. The predicted molar refractivity (Wildman–Crippen MR) is 61.8 cm³/mol. The average molecular weight is 308 g/mol. The van der Waals surface area contributed by atoms with Crippen molar-refractivity contribution < 1.29 is 22.7 Å². The second-order valence-corrected chi connectivity index (χ2v) is 3.96. The van der Waals surface area contributed by atoms with Gasteiger partial charge in [0.15, 0.2) is 5.69 Å². The lowest BCUT2D eigenvalue weighted by Crippen LogP contribution is -2.22. The van der Waals surface area contributed by atoms with Gasteiger partial charge in [0, 0.05) is 6.20 Å². The number of alkyl halides is 3. The molecule has 7 nitrogen and oxygen atoms in total. The van der Waals surface area contributed by atoms with Crippen LogP contribution in [0.2, 0.25) is 5.02 Å². The molecule has 0 bridgehead atoms. The Balaban J connectivity index is 2.39. The van der Waals surface area contributed by atoms with E-state index in [0.717, 1.165) is 6.07 Å². The van der Waals surface area contributed by atoms with Crippen LogP contribution in [-0.4, -0.2) is 16.1 Å². The molecule has 0 amide bonds. The van der Waals surface area contributed by atoms with Crippen LogP contribution < -0.4 is 16.5 Å². The molecular formula is C9H7ClF3N6O+. The van der Waals surface area contributed by atoms with Crippen LogP contribution in [0.25, 0.3) is 11.5 Å². The third-order valence-corrected chi connectivity index (χ3v) is 2.36. The summed E-state index contributed by atoms with van der Waals surface area (Å²) in [6, 6.07) is 0.588. The summed E-state index contributed by atoms with van der Waals surface area (Å²) in [5, 5.41) is 3.27. The molecule has 0 aliphatic carbocycles. The Morgan fingerprint density at radius 3 is 2.65 bits per heavy atom. The highest BCUT2D eigenvalue weighted by molar-refractivity contribution is 6.32. The van der Waals surface area contributed by atoms with E-state index in [2.05, 4.69) is 20.1 Å². The third-order valence-electron chi connectivity index (χ3n) is 2.07. The second kappa shape index (κ2) is 4.96. The predicted octanol–water partition coefficient (Wildman–Crippen LogP) is 1.13. The second-order valence-electron chi connectivity index (χ2n) is 3.55. The molecule has 2 aromatic rings.